The lowest BCUT2D eigenvalue weighted by Crippen LogP contribution is -2.40. The van der Waals surface area contributed by atoms with Crippen LogP contribution in [0.2, 0.25) is 0 Å². The van der Waals surface area contributed by atoms with Gasteiger partial charge in [0.15, 0.2) is 0 Å². The summed E-state index contributed by atoms with van der Waals surface area (Å²) in [5.74, 6) is -0.592. The molecule has 0 spiro atoms. The third-order valence-corrected chi connectivity index (χ3v) is 3.90. The molecule has 0 unspecified atom stereocenters. The molecule has 104 valence electrons. The second kappa shape index (κ2) is 6.39. The Kier molecular flexibility index (Phi) is 4.82. The zero-order valence-electron chi connectivity index (χ0n) is 10.7. The highest BCUT2D eigenvalue weighted by atomic mass is 32.1. The molecule has 1 amide bonds. The van der Waals surface area contributed by atoms with Crippen molar-refractivity contribution in [1.29, 1.82) is 0 Å². The van der Waals surface area contributed by atoms with E-state index in [1.807, 2.05) is 0 Å². The number of amides is 1. The molecule has 0 bridgehead atoms. The van der Waals surface area contributed by atoms with Crippen molar-refractivity contribution in [1.82, 2.24) is 4.90 Å². The third-order valence-electron chi connectivity index (χ3n) is 3.56. The minimum atomic E-state index is -0.436. The first-order valence-corrected chi connectivity index (χ1v) is 6.98. The maximum absolute atomic E-state index is 13.2. The van der Waals surface area contributed by atoms with Crippen LogP contribution >= 0.6 is 12.6 Å². The van der Waals surface area contributed by atoms with Crippen LogP contribution in [-0.4, -0.2) is 35.1 Å². The predicted molar refractivity (Wildman–Crippen MR) is 74.0 cm³/mol. The first-order valence-electron chi connectivity index (χ1n) is 6.54. The van der Waals surface area contributed by atoms with E-state index in [0.29, 0.717) is 12.1 Å². The molecule has 0 heterocycles. The van der Waals surface area contributed by atoms with Crippen molar-refractivity contribution >= 4 is 18.5 Å². The molecule has 0 aromatic heterocycles. The van der Waals surface area contributed by atoms with Gasteiger partial charge in [0, 0.05) is 23.0 Å². The van der Waals surface area contributed by atoms with Crippen LogP contribution in [0, 0.1) is 5.82 Å². The van der Waals surface area contributed by atoms with Crippen LogP contribution in [0.5, 0.6) is 0 Å². The Morgan fingerprint density at radius 3 is 2.68 bits per heavy atom. The number of carbonyl (C=O) groups is 1. The van der Waals surface area contributed by atoms with E-state index < -0.39 is 5.82 Å². The minimum Gasteiger partial charge on any atom is -0.395 e. The molecule has 1 aromatic carbocycles. The van der Waals surface area contributed by atoms with Gasteiger partial charge >= 0.3 is 0 Å². The fourth-order valence-corrected chi connectivity index (χ4v) is 2.80. The third kappa shape index (κ3) is 3.28. The molecule has 19 heavy (non-hydrogen) atoms. The molecule has 2 rings (SSSR count). The number of thiol groups is 1. The van der Waals surface area contributed by atoms with Crippen molar-refractivity contribution in [3.05, 3.63) is 29.6 Å². The average molecular weight is 283 g/mol. The number of benzene rings is 1. The summed E-state index contributed by atoms with van der Waals surface area (Å²) >= 11 is 4.00. The Hall–Kier alpha value is -1.07. The Balaban J connectivity index is 2.20. The van der Waals surface area contributed by atoms with Crippen molar-refractivity contribution in [2.24, 2.45) is 0 Å². The second-order valence-electron chi connectivity index (χ2n) is 4.83. The number of aliphatic hydroxyl groups excluding tert-OH is 1. The largest absolute Gasteiger partial charge is 0.395 e. The minimum absolute atomic E-state index is 0.0584. The lowest BCUT2D eigenvalue weighted by Gasteiger charge is -2.28. The number of nitrogens with zero attached hydrogens (tertiary/aromatic N) is 1. The lowest BCUT2D eigenvalue weighted by atomic mass is 10.1. The number of aliphatic hydroxyl groups is 1. The van der Waals surface area contributed by atoms with Gasteiger partial charge in [-0.15, -0.1) is 12.6 Å². The maximum Gasteiger partial charge on any atom is 0.254 e. The molecule has 1 saturated carbocycles. The first-order chi connectivity index (χ1) is 9.13. The summed E-state index contributed by atoms with van der Waals surface area (Å²) in [5.41, 5.74) is 0.423. The van der Waals surface area contributed by atoms with E-state index in [4.69, 9.17) is 5.11 Å². The van der Waals surface area contributed by atoms with E-state index in [0.717, 1.165) is 25.7 Å². The van der Waals surface area contributed by atoms with Crippen LogP contribution in [-0.2, 0) is 0 Å². The standard InChI is InChI=1S/C14H18FNO2S/c15-12-6-5-10(9-13(12)19)14(18)16(7-8-17)11-3-1-2-4-11/h5-6,9,11,17,19H,1-4,7-8H2. The highest BCUT2D eigenvalue weighted by Crippen LogP contribution is 2.25. The van der Waals surface area contributed by atoms with Crippen LogP contribution in [0.3, 0.4) is 0 Å². The highest BCUT2D eigenvalue weighted by molar-refractivity contribution is 7.80. The van der Waals surface area contributed by atoms with E-state index in [9.17, 15) is 9.18 Å². The smallest absolute Gasteiger partial charge is 0.254 e. The topological polar surface area (TPSA) is 40.5 Å². The fraction of sp³-hybridized carbons (Fsp3) is 0.500. The highest BCUT2D eigenvalue weighted by Gasteiger charge is 2.27. The monoisotopic (exact) mass is 283 g/mol. The summed E-state index contributed by atoms with van der Waals surface area (Å²) in [4.78, 5) is 14.3. The van der Waals surface area contributed by atoms with Gasteiger partial charge in [-0.25, -0.2) is 4.39 Å². The molecular weight excluding hydrogens is 265 g/mol. The Labute approximate surface area is 117 Å². The molecular formula is C14H18FNO2S. The van der Waals surface area contributed by atoms with E-state index in [1.165, 1.54) is 18.2 Å². The molecule has 5 heteroatoms. The van der Waals surface area contributed by atoms with Crippen LogP contribution in [0.1, 0.15) is 36.0 Å². The SMILES string of the molecule is O=C(c1ccc(F)c(S)c1)N(CCO)C1CCCC1. The summed E-state index contributed by atoms with van der Waals surface area (Å²) in [5, 5.41) is 9.12. The van der Waals surface area contributed by atoms with Crippen LogP contribution in [0.25, 0.3) is 0 Å². The van der Waals surface area contributed by atoms with Gasteiger partial charge in [-0.3, -0.25) is 4.79 Å². The van der Waals surface area contributed by atoms with Crippen molar-refractivity contribution in [3.63, 3.8) is 0 Å². The molecule has 0 saturated heterocycles. The quantitative estimate of drug-likeness (QED) is 0.834. The summed E-state index contributed by atoms with van der Waals surface area (Å²) in [6.45, 7) is 0.264. The number of carbonyl (C=O) groups excluding carboxylic acids is 1. The van der Waals surface area contributed by atoms with Gasteiger partial charge in [0.1, 0.15) is 5.82 Å². The molecule has 0 aliphatic heterocycles. The summed E-state index contributed by atoms with van der Waals surface area (Å²) in [6.07, 6.45) is 4.17. The van der Waals surface area contributed by atoms with Gasteiger partial charge in [0.2, 0.25) is 0 Å². The molecule has 1 aliphatic carbocycles. The van der Waals surface area contributed by atoms with Crippen LogP contribution in [0.4, 0.5) is 4.39 Å². The van der Waals surface area contributed by atoms with Gasteiger partial charge < -0.3 is 10.0 Å². The maximum atomic E-state index is 13.2. The molecule has 1 aliphatic rings. The summed E-state index contributed by atoms with van der Waals surface area (Å²) < 4.78 is 13.2. The molecule has 1 aromatic rings. The van der Waals surface area contributed by atoms with Crippen molar-refractivity contribution < 1.29 is 14.3 Å². The predicted octanol–water partition coefficient (Wildman–Crippen LogP) is 2.49. The van der Waals surface area contributed by atoms with Gasteiger partial charge in [0.05, 0.1) is 6.61 Å². The zero-order valence-corrected chi connectivity index (χ0v) is 11.6. The molecule has 0 radical (unpaired) electrons. The molecule has 1 fully saturated rings. The normalized spacial score (nSPS) is 15.7. The van der Waals surface area contributed by atoms with Crippen molar-refractivity contribution in [2.45, 2.75) is 36.6 Å². The van der Waals surface area contributed by atoms with Gasteiger partial charge in [0.25, 0.3) is 5.91 Å². The van der Waals surface area contributed by atoms with Crippen molar-refractivity contribution in [2.75, 3.05) is 13.2 Å². The summed E-state index contributed by atoms with van der Waals surface area (Å²) in [7, 11) is 0. The first kappa shape index (κ1) is 14.3. The van der Waals surface area contributed by atoms with Crippen LogP contribution < -0.4 is 0 Å². The molecule has 3 nitrogen and oxygen atoms in total. The van der Waals surface area contributed by atoms with Crippen LogP contribution in [0.15, 0.2) is 23.1 Å². The Morgan fingerprint density at radius 1 is 1.42 bits per heavy atom. The van der Waals surface area contributed by atoms with Gasteiger partial charge in [-0.05, 0) is 31.0 Å². The summed E-state index contributed by atoms with van der Waals surface area (Å²) in [6, 6.07) is 4.35. The van der Waals surface area contributed by atoms with Crippen molar-refractivity contribution in [3.8, 4) is 0 Å². The van der Waals surface area contributed by atoms with E-state index in [2.05, 4.69) is 12.6 Å². The second-order valence-corrected chi connectivity index (χ2v) is 5.31. The Bertz CT molecular complexity index is 461. The van der Waals surface area contributed by atoms with E-state index in [1.54, 1.807) is 4.90 Å². The molecule has 0 atom stereocenters. The lowest BCUT2D eigenvalue weighted by molar-refractivity contribution is 0.0637. The van der Waals surface area contributed by atoms with E-state index >= 15 is 0 Å². The average Bonchev–Trinajstić information content (AvgIpc) is 2.92. The number of halogens is 1. The molecule has 1 N–H and O–H groups in total. The zero-order chi connectivity index (χ0) is 13.8. The number of hydrogen-bond donors (Lipinski definition) is 2. The Morgan fingerprint density at radius 2 is 2.11 bits per heavy atom. The van der Waals surface area contributed by atoms with Gasteiger partial charge in [-0.2, -0.15) is 0 Å². The van der Waals surface area contributed by atoms with Gasteiger partial charge in [-0.1, -0.05) is 12.8 Å². The van der Waals surface area contributed by atoms with E-state index in [-0.39, 0.29) is 23.5 Å². The number of hydrogen-bond acceptors (Lipinski definition) is 3. The fourth-order valence-electron chi connectivity index (χ4n) is 2.59. The number of rotatable bonds is 4.